The van der Waals surface area contributed by atoms with Crippen molar-refractivity contribution in [2.24, 2.45) is 0 Å². The van der Waals surface area contributed by atoms with Gasteiger partial charge in [0.15, 0.2) is 5.82 Å². The molecule has 0 aliphatic carbocycles. The van der Waals surface area contributed by atoms with Crippen LogP contribution in [0.25, 0.3) is 0 Å². The van der Waals surface area contributed by atoms with Crippen LogP contribution in [-0.2, 0) is 16.8 Å². The minimum Gasteiger partial charge on any atom is -0.384 e. The maximum absolute atomic E-state index is 13.7. The van der Waals surface area contributed by atoms with Gasteiger partial charge in [-0.05, 0) is 32.9 Å². The maximum Gasteiger partial charge on any atom is 0.235 e. The lowest BCUT2D eigenvalue weighted by Gasteiger charge is -2.16. The molecule has 3 rings (SSSR count). The first kappa shape index (κ1) is 18.5. The van der Waals surface area contributed by atoms with Crippen LogP contribution in [0.4, 0.5) is 16.0 Å². The van der Waals surface area contributed by atoms with Crippen LogP contribution in [0.5, 0.6) is 0 Å². The molecule has 0 saturated carbocycles. The predicted molar refractivity (Wildman–Crippen MR) is 102 cm³/mol. The first-order valence-electron chi connectivity index (χ1n) is 8.44. The maximum atomic E-state index is 13.7. The smallest absolute Gasteiger partial charge is 0.235 e. The van der Waals surface area contributed by atoms with E-state index in [0.29, 0.717) is 29.2 Å². The number of nitrogens with one attached hydrogen (secondary N) is 3. The van der Waals surface area contributed by atoms with Gasteiger partial charge < -0.3 is 16.4 Å². The number of allylic oxidation sites excluding steroid dienone is 2. The van der Waals surface area contributed by atoms with E-state index >= 15 is 0 Å². The summed E-state index contributed by atoms with van der Waals surface area (Å²) in [5.41, 5.74) is 6.95. The van der Waals surface area contributed by atoms with Gasteiger partial charge in [-0.2, -0.15) is 0 Å². The van der Waals surface area contributed by atoms with E-state index in [2.05, 4.69) is 20.6 Å². The highest BCUT2D eigenvalue weighted by Gasteiger charge is 2.42. The molecule has 1 amide bonds. The number of hydrogen-bond acceptors (Lipinski definition) is 6. The molecule has 1 aliphatic rings. The second-order valence-corrected chi connectivity index (χ2v) is 6.92. The Morgan fingerprint density at radius 1 is 1.37 bits per heavy atom. The number of fused-ring (bicyclic) bond motifs is 1. The number of aromatic nitrogens is 2. The fourth-order valence-electron chi connectivity index (χ4n) is 2.89. The van der Waals surface area contributed by atoms with Crippen molar-refractivity contribution in [2.45, 2.75) is 32.7 Å². The minimum atomic E-state index is -0.812. The monoisotopic (exact) mass is 368 g/mol. The number of nitrogens with two attached hydrogens (primary N) is 1. The van der Waals surface area contributed by atoms with Crippen LogP contribution in [0.2, 0.25) is 0 Å². The number of benzene rings is 1. The van der Waals surface area contributed by atoms with Crippen molar-refractivity contribution in [3.63, 3.8) is 0 Å². The quantitative estimate of drug-likeness (QED) is 0.605. The van der Waals surface area contributed by atoms with Gasteiger partial charge in [-0.25, -0.2) is 14.4 Å². The van der Waals surface area contributed by atoms with Gasteiger partial charge >= 0.3 is 0 Å². The standard InChI is InChI=1S/C19H21FN6O/c1-10(23-9-11-6-4-5-7-12(11)20)8-13(21)16-24-15(22)14-17(25-16)26-18(27)19(14,2)3/h4-8,21,23H,9H2,1-3H3,(H3,22,24,25,26,27)/b10-8-,21-13?. The van der Waals surface area contributed by atoms with Crippen LogP contribution in [0.3, 0.4) is 0 Å². The van der Waals surface area contributed by atoms with Crippen LogP contribution in [0.15, 0.2) is 36.0 Å². The Bertz CT molecular complexity index is 967. The van der Waals surface area contributed by atoms with E-state index in [1.54, 1.807) is 39.0 Å². The molecule has 2 heterocycles. The highest BCUT2D eigenvalue weighted by atomic mass is 19.1. The van der Waals surface area contributed by atoms with Crippen molar-refractivity contribution < 1.29 is 9.18 Å². The molecular formula is C19H21FN6O. The number of halogens is 1. The molecule has 0 unspecified atom stereocenters. The first-order valence-corrected chi connectivity index (χ1v) is 8.44. The molecule has 27 heavy (non-hydrogen) atoms. The Morgan fingerprint density at radius 2 is 2.07 bits per heavy atom. The van der Waals surface area contributed by atoms with Gasteiger partial charge in [-0.3, -0.25) is 10.2 Å². The molecule has 0 fully saturated rings. The molecule has 0 spiro atoms. The van der Waals surface area contributed by atoms with E-state index < -0.39 is 5.41 Å². The SMILES string of the molecule is C/C(=C/C(=N)c1nc(N)c2c(n1)NC(=O)C2(C)C)NCc1ccccc1F. The summed E-state index contributed by atoms with van der Waals surface area (Å²) >= 11 is 0. The zero-order valence-electron chi connectivity index (χ0n) is 15.4. The Morgan fingerprint density at radius 3 is 2.78 bits per heavy atom. The second-order valence-electron chi connectivity index (χ2n) is 6.92. The Balaban J connectivity index is 1.78. The van der Waals surface area contributed by atoms with Gasteiger partial charge in [0.1, 0.15) is 23.2 Å². The average Bonchev–Trinajstić information content (AvgIpc) is 2.83. The fraction of sp³-hybridized carbons (Fsp3) is 0.263. The number of nitrogen functional groups attached to an aromatic ring is 1. The summed E-state index contributed by atoms with van der Waals surface area (Å²) in [5.74, 6) is 0.119. The number of hydrogen-bond donors (Lipinski definition) is 4. The molecule has 1 aromatic carbocycles. The second kappa shape index (κ2) is 6.79. The predicted octanol–water partition coefficient (Wildman–Crippen LogP) is 2.49. The first-order chi connectivity index (χ1) is 12.7. The summed E-state index contributed by atoms with van der Waals surface area (Å²) < 4.78 is 13.7. The lowest BCUT2D eigenvalue weighted by Crippen LogP contribution is -2.27. The third kappa shape index (κ3) is 3.51. The minimum absolute atomic E-state index is 0.0296. The van der Waals surface area contributed by atoms with Crippen LogP contribution < -0.4 is 16.4 Å². The Labute approximate surface area is 156 Å². The van der Waals surface area contributed by atoms with Gasteiger partial charge in [0.2, 0.25) is 5.91 Å². The topological polar surface area (TPSA) is 117 Å². The van der Waals surface area contributed by atoms with Gasteiger partial charge in [0, 0.05) is 17.8 Å². The molecule has 7 nitrogen and oxygen atoms in total. The van der Waals surface area contributed by atoms with Crippen LogP contribution in [-0.4, -0.2) is 21.6 Å². The van der Waals surface area contributed by atoms with Crippen LogP contribution in [0.1, 0.15) is 37.7 Å². The van der Waals surface area contributed by atoms with Gasteiger partial charge in [-0.15, -0.1) is 0 Å². The van der Waals surface area contributed by atoms with Crippen molar-refractivity contribution in [1.82, 2.24) is 15.3 Å². The van der Waals surface area contributed by atoms with Crippen LogP contribution >= 0.6 is 0 Å². The molecule has 0 bridgehead atoms. The molecule has 0 atom stereocenters. The summed E-state index contributed by atoms with van der Waals surface area (Å²) in [6.45, 7) is 5.54. The van der Waals surface area contributed by atoms with E-state index in [1.165, 1.54) is 12.1 Å². The normalized spacial score (nSPS) is 15.3. The number of amides is 1. The molecule has 0 saturated heterocycles. The van der Waals surface area contributed by atoms with E-state index in [0.717, 1.165) is 0 Å². The van der Waals surface area contributed by atoms with E-state index in [-0.39, 0.29) is 29.1 Å². The number of carbonyl (C=O) groups is 1. The summed E-state index contributed by atoms with van der Waals surface area (Å²) in [5, 5.41) is 13.9. The fourth-order valence-corrected chi connectivity index (χ4v) is 2.89. The lowest BCUT2D eigenvalue weighted by molar-refractivity contribution is -0.119. The lowest BCUT2D eigenvalue weighted by atomic mass is 9.87. The number of anilines is 2. The summed E-state index contributed by atoms with van der Waals surface area (Å²) in [6.07, 6.45) is 1.53. The molecule has 1 aromatic heterocycles. The third-order valence-electron chi connectivity index (χ3n) is 4.48. The molecular weight excluding hydrogens is 347 g/mol. The summed E-state index contributed by atoms with van der Waals surface area (Å²) in [6, 6.07) is 6.48. The number of nitrogens with zero attached hydrogens (tertiary/aromatic N) is 2. The Hall–Kier alpha value is -3.29. The van der Waals surface area contributed by atoms with Crippen molar-refractivity contribution in [1.29, 1.82) is 5.41 Å². The van der Waals surface area contributed by atoms with E-state index in [4.69, 9.17) is 11.1 Å². The van der Waals surface area contributed by atoms with Gasteiger partial charge in [0.25, 0.3) is 0 Å². The zero-order chi connectivity index (χ0) is 19.8. The van der Waals surface area contributed by atoms with Crippen molar-refractivity contribution in [3.8, 4) is 0 Å². The molecule has 0 radical (unpaired) electrons. The third-order valence-corrected chi connectivity index (χ3v) is 4.48. The van der Waals surface area contributed by atoms with Gasteiger partial charge in [-0.1, -0.05) is 18.2 Å². The van der Waals surface area contributed by atoms with Crippen LogP contribution in [0, 0.1) is 11.2 Å². The molecule has 8 heteroatoms. The van der Waals surface area contributed by atoms with Crippen molar-refractivity contribution in [2.75, 3.05) is 11.1 Å². The van der Waals surface area contributed by atoms with Crippen molar-refractivity contribution in [3.05, 3.63) is 58.8 Å². The van der Waals surface area contributed by atoms with E-state index in [1.807, 2.05) is 0 Å². The largest absolute Gasteiger partial charge is 0.384 e. The molecule has 140 valence electrons. The highest BCUT2D eigenvalue weighted by Crippen LogP contribution is 2.39. The van der Waals surface area contributed by atoms with Crippen molar-refractivity contribution >= 4 is 23.3 Å². The number of carbonyl (C=O) groups excluding carboxylic acids is 1. The Kier molecular flexibility index (Phi) is 4.65. The number of rotatable bonds is 5. The van der Waals surface area contributed by atoms with Gasteiger partial charge in [0.05, 0.1) is 11.0 Å². The average molecular weight is 368 g/mol. The molecule has 5 N–H and O–H groups in total. The van der Waals surface area contributed by atoms with E-state index in [9.17, 15) is 9.18 Å². The zero-order valence-corrected chi connectivity index (χ0v) is 15.4. The highest BCUT2D eigenvalue weighted by molar-refractivity contribution is 6.08. The molecule has 1 aliphatic heterocycles. The summed E-state index contributed by atoms with van der Waals surface area (Å²) in [4.78, 5) is 20.5. The molecule has 2 aromatic rings. The summed E-state index contributed by atoms with van der Waals surface area (Å²) in [7, 11) is 0.